The predicted octanol–water partition coefficient (Wildman–Crippen LogP) is 4.34. The number of nitrogens with one attached hydrogen (secondary N) is 1. The van der Waals surface area contributed by atoms with E-state index in [-0.39, 0.29) is 18.5 Å². The molecule has 2 amide bonds. The summed E-state index contributed by atoms with van der Waals surface area (Å²) in [6.07, 6.45) is 5.05. The van der Waals surface area contributed by atoms with Gasteiger partial charge in [-0.15, -0.1) is 0 Å². The molecule has 1 N–H and O–H groups in total. The normalized spacial score (nSPS) is 15.1. The summed E-state index contributed by atoms with van der Waals surface area (Å²) in [5.41, 5.74) is 1.15. The van der Waals surface area contributed by atoms with Gasteiger partial charge >= 0.3 is 0 Å². The van der Waals surface area contributed by atoms with Crippen molar-refractivity contribution in [1.29, 1.82) is 0 Å². The fourth-order valence-corrected chi connectivity index (χ4v) is 5.22. The molecule has 0 saturated heterocycles. The Balaban J connectivity index is 1.86. The number of carbonyl (C=O) groups is 2. The average Bonchev–Trinajstić information content (AvgIpc) is 3.29. The molecule has 10 heteroatoms. The van der Waals surface area contributed by atoms with Gasteiger partial charge in [0.05, 0.1) is 11.9 Å². The SMILES string of the molecule is C[C@@H](C(=O)NC1CCCC1)N(Cc1ccc(Cl)cc1)C(=O)CN(c1ccc(Br)cc1)S(C)(=O)=O. The Bertz CT molecular complexity index is 1100. The van der Waals surface area contributed by atoms with Crippen LogP contribution in [0.2, 0.25) is 5.02 Å². The van der Waals surface area contributed by atoms with Crippen LogP contribution in [-0.2, 0) is 26.2 Å². The first kappa shape index (κ1) is 26.5. The molecule has 2 aromatic rings. The largest absolute Gasteiger partial charge is 0.352 e. The molecule has 1 aliphatic carbocycles. The fourth-order valence-electron chi connectivity index (χ4n) is 3.98. The molecule has 1 atom stereocenters. The quantitative estimate of drug-likeness (QED) is 0.486. The molecule has 3 rings (SSSR count). The van der Waals surface area contributed by atoms with Gasteiger partial charge in [0, 0.05) is 22.1 Å². The lowest BCUT2D eigenvalue weighted by Gasteiger charge is -2.32. The second kappa shape index (κ2) is 11.6. The Morgan fingerprint density at radius 1 is 1.09 bits per heavy atom. The molecular formula is C24H29BrClN3O4S. The molecule has 0 heterocycles. The Labute approximate surface area is 214 Å². The molecular weight excluding hydrogens is 542 g/mol. The summed E-state index contributed by atoms with van der Waals surface area (Å²) >= 11 is 9.33. The molecule has 1 saturated carbocycles. The van der Waals surface area contributed by atoms with Crippen molar-refractivity contribution in [3.63, 3.8) is 0 Å². The number of sulfonamides is 1. The first-order valence-corrected chi connectivity index (χ1v) is 14.1. The lowest BCUT2D eigenvalue weighted by atomic mass is 10.1. The summed E-state index contributed by atoms with van der Waals surface area (Å²) in [6, 6.07) is 13.0. The van der Waals surface area contributed by atoms with Crippen molar-refractivity contribution in [1.82, 2.24) is 10.2 Å². The van der Waals surface area contributed by atoms with Gasteiger partial charge in [-0.25, -0.2) is 8.42 Å². The number of nitrogens with zero attached hydrogens (tertiary/aromatic N) is 2. The van der Waals surface area contributed by atoms with Crippen LogP contribution in [0.4, 0.5) is 5.69 Å². The van der Waals surface area contributed by atoms with Crippen LogP contribution in [0.5, 0.6) is 0 Å². The minimum Gasteiger partial charge on any atom is -0.352 e. The zero-order chi connectivity index (χ0) is 24.9. The van der Waals surface area contributed by atoms with E-state index in [2.05, 4.69) is 21.2 Å². The number of benzene rings is 2. The van der Waals surface area contributed by atoms with E-state index in [0.29, 0.717) is 10.7 Å². The number of hydrogen-bond acceptors (Lipinski definition) is 4. The van der Waals surface area contributed by atoms with Crippen molar-refractivity contribution in [2.45, 2.75) is 51.2 Å². The number of rotatable bonds is 9. The van der Waals surface area contributed by atoms with E-state index >= 15 is 0 Å². The lowest BCUT2D eigenvalue weighted by Crippen LogP contribution is -2.52. The van der Waals surface area contributed by atoms with Crippen molar-refractivity contribution < 1.29 is 18.0 Å². The first-order valence-electron chi connectivity index (χ1n) is 11.1. The number of halogens is 2. The molecule has 0 radical (unpaired) electrons. The van der Waals surface area contributed by atoms with Gasteiger partial charge in [-0.2, -0.15) is 0 Å². The van der Waals surface area contributed by atoms with Crippen LogP contribution in [0.25, 0.3) is 0 Å². The smallest absolute Gasteiger partial charge is 0.244 e. The van der Waals surface area contributed by atoms with Crippen LogP contribution in [0.15, 0.2) is 53.0 Å². The highest BCUT2D eigenvalue weighted by Crippen LogP contribution is 2.22. The molecule has 2 aromatic carbocycles. The average molecular weight is 571 g/mol. The van der Waals surface area contributed by atoms with Gasteiger partial charge in [-0.3, -0.25) is 13.9 Å². The number of carbonyl (C=O) groups excluding carboxylic acids is 2. The molecule has 184 valence electrons. The second-order valence-corrected chi connectivity index (χ2v) is 11.8. The third kappa shape index (κ3) is 7.20. The van der Waals surface area contributed by atoms with Gasteiger partial charge < -0.3 is 10.2 Å². The molecule has 34 heavy (non-hydrogen) atoms. The molecule has 7 nitrogen and oxygen atoms in total. The standard InChI is InChI=1S/C24H29BrClN3O4S/c1-17(24(31)27-21-5-3-4-6-21)28(15-18-7-11-20(26)12-8-18)23(30)16-29(34(2,32)33)22-13-9-19(25)10-14-22/h7-14,17,21H,3-6,15-16H2,1-2H3,(H,27,31)/t17-/m0/s1. The topological polar surface area (TPSA) is 86.8 Å². The maximum absolute atomic E-state index is 13.5. The summed E-state index contributed by atoms with van der Waals surface area (Å²) in [5.74, 6) is -0.721. The van der Waals surface area contributed by atoms with E-state index in [4.69, 9.17) is 11.6 Å². The molecule has 0 spiro atoms. The maximum Gasteiger partial charge on any atom is 0.244 e. The van der Waals surface area contributed by atoms with Crippen LogP contribution in [-0.4, -0.2) is 50.0 Å². The maximum atomic E-state index is 13.5. The Morgan fingerprint density at radius 2 is 1.68 bits per heavy atom. The van der Waals surface area contributed by atoms with Gasteiger partial charge in [0.25, 0.3) is 0 Å². The summed E-state index contributed by atoms with van der Waals surface area (Å²) in [6.45, 7) is 1.39. The Hall–Kier alpha value is -2.10. The third-order valence-corrected chi connectivity index (χ3v) is 7.85. The van der Waals surface area contributed by atoms with Crippen LogP contribution in [0.1, 0.15) is 38.2 Å². The summed E-state index contributed by atoms with van der Waals surface area (Å²) in [7, 11) is -3.75. The highest BCUT2D eigenvalue weighted by molar-refractivity contribution is 9.10. The van der Waals surface area contributed by atoms with E-state index in [9.17, 15) is 18.0 Å². The van der Waals surface area contributed by atoms with Crippen LogP contribution < -0.4 is 9.62 Å². The first-order chi connectivity index (χ1) is 16.0. The van der Waals surface area contributed by atoms with E-state index in [0.717, 1.165) is 46.3 Å². The monoisotopic (exact) mass is 569 g/mol. The summed E-state index contributed by atoms with van der Waals surface area (Å²) < 4.78 is 27.0. The summed E-state index contributed by atoms with van der Waals surface area (Å²) in [5, 5.41) is 3.60. The van der Waals surface area contributed by atoms with E-state index in [1.807, 2.05) is 0 Å². The summed E-state index contributed by atoms with van der Waals surface area (Å²) in [4.78, 5) is 27.9. The highest BCUT2D eigenvalue weighted by Gasteiger charge is 2.31. The van der Waals surface area contributed by atoms with E-state index < -0.39 is 28.5 Å². The van der Waals surface area contributed by atoms with E-state index in [1.54, 1.807) is 55.5 Å². The predicted molar refractivity (Wildman–Crippen MR) is 138 cm³/mol. The van der Waals surface area contributed by atoms with E-state index in [1.165, 1.54) is 4.90 Å². The van der Waals surface area contributed by atoms with Gasteiger partial charge in [0.1, 0.15) is 12.6 Å². The van der Waals surface area contributed by atoms with Gasteiger partial charge in [-0.05, 0) is 61.7 Å². The van der Waals surface area contributed by atoms with Crippen LogP contribution >= 0.6 is 27.5 Å². The van der Waals surface area contributed by atoms with Crippen molar-refractivity contribution in [2.75, 3.05) is 17.1 Å². The number of amides is 2. The molecule has 1 fully saturated rings. The Morgan fingerprint density at radius 3 is 2.24 bits per heavy atom. The molecule has 0 aliphatic heterocycles. The minimum atomic E-state index is -3.75. The third-order valence-electron chi connectivity index (χ3n) is 5.93. The zero-order valence-electron chi connectivity index (χ0n) is 19.2. The van der Waals surface area contributed by atoms with Gasteiger partial charge in [0.15, 0.2) is 0 Å². The van der Waals surface area contributed by atoms with Crippen molar-refractivity contribution in [3.05, 3.63) is 63.6 Å². The molecule has 0 unspecified atom stereocenters. The highest BCUT2D eigenvalue weighted by atomic mass is 79.9. The lowest BCUT2D eigenvalue weighted by molar-refractivity contribution is -0.139. The Kier molecular flexibility index (Phi) is 9.01. The van der Waals surface area contributed by atoms with Crippen molar-refractivity contribution >= 4 is 55.1 Å². The second-order valence-electron chi connectivity index (χ2n) is 8.56. The van der Waals surface area contributed by atoms with Crippen molar-refractivity contribution in [2.24, 2.45) is 0 Å². The van der Waals surface area contributed by atoms with Gasteiger partial charge in [0.2, 0.25) is 21.8 Å². The number of hydrogen-bond donors (Lipinski definition) is 1. The fraction of sp³-hybridized carbons (Fsp3) is 0.417. The van der Waals surface area contributed by atoms with Crippen LogP contribution in [0.3, 0.4) is 0 Å². The molecule has 0 aromatic heterocycles. The minimum absolute atomic E-state index is 0.109. The molecule has 0 bridgehead atoms. The van der Waals surface area contributed by atoms with Crippen molar-refractivity contribution in [3.8, 4) is 0 Å². The van der Waals surface area contributed by atoms with Crippen LogP contribution in [0, 0.1) is 0 Å². The number of anilines is 1. The van der Waals surface area contributed by atoms with Gasteiger partial charge in [-0.1, -0.05) is 52.5 Å². The zero-order valence-corrected chi connectivity index (χ0v) is 22.4. The molecule has 1 aliphatic rings.